The number of aliphatic hydroxyl groups is 2. The summed E-state index contributed by atoms with van der Waals surface area (Å²) in [6.45, 7) is 3.99. The number of benzene rings is 3. The smallest absolute Gasteiger partial charge is 0.305 e. The Morgan fingerprint density at radius 1 is 0.857 bits per heavy atom. The Morgan fingerprint density at radius 2 is 1.50 bits per heavy atom. The highest BCUT2D eigenvalue weighted by molar-refractivity contribution is 6.12. The molecule has 0 saturated heterocycles. The molecule has 2 atom stereocenters. The lowest BCUT2D eigenvalue weighted by molar-refractivity contribution is -0.139. The number of carboxylic acids is 1. The van der Waals surface area contributed by atoms with E-state index in [1.54, 1.807) is 24.3 Å². The van der Waals surface area contributed by atoms with Crippen LogP contribution in [0.5, 0.6) is 0 Å². The number of nitrogens with one attached hydrogen (secondary N) is 1. The molecule has 0 saturated carbocycles. The largest absolute Gasteiger partial charge is 0.481 e. The summed E-state index contributed by atoms with van der Waals surface area (Å²) >= 11 is 0. The summed E-state index contributed by atoms with van der Waals surface area (Å²) in [5, 5.41) is 32.7. The Bertz CT molecular complexity index is 1540. The first-order valence-corrected chi connectivity index (χ1v) is 13.8. The summed E-state index contributed by atoms with van der Waals surface area (Å²) in [5.74, 6) is -3.82. The number of aliphatic hydroxyl groups excluding tert-OH is 2. The highest BCUT2D eigenvalue weighted by Crippen LogP contribution is 2.43. The van der Waals surface area contributed by atoms with Gasteiger partial charge in [0, 0.05) is 29.1 Å². The van der Waals surface area contributed by atoms with Crippen molar-refractivity contribution in [1.29, 1.82) is 0 Å². The third-order valence-corrected chi connectivity index (χ3v) is 7.01. The van der Waals surface area contributed by atoms with Gasteiger partial charge in [0.25, 0.3) is 5.91 Å². The Labute approximate surface area is 243 Å². The van der Waals surface area contributed by atoms with E-state index in [1.165, 1.54) is 6.07 Å². The predicted octanol–water partition coefficient (Wildman–Crippen LogP) is 6.45. The fourth-order valence-electron chi connectivity index (χ4n) is 5.24. The minimum Gasteiger partial charge on any atom is -0.481 e. The molecule has 220 valence electrons. The van der Waals surface area contributed by atoms with E-state index >= 15 is 0 Å². The van der Waals surface area contributed by atoms with Crippen LogP contribution in [0.15, 0.2) is 78.9 Å². The van der Waals surface area contributed by atoms with Gasteiger partial charge in [-0.2, -0.15) is 0 Å². The Hall–Kier alpha value is -4.34. The van der Waals surface area contributed by atoms with Crippen LogP contribution in [0.1, 0.15) is 55.1 Å². The van der Waals surface area contributed by atoms with E-state index in [9.17, 15) is 28.6 Å². The lowest BCUT2D eigenvalue weighted by Gasteiger charge is -2.20. The number of para-hydroxylation sites is 1. The summed E-state index contributed by atoms with van der Waals surface area (Å²) in [6, 6.07) is 21.7. The monoisotopic (exact) mass is 576 g/mol. The molecule has 0 radical (unpaired) electrons. The van der Waals surface area contributed by atoms with Crippen molar-refractivity contribution >= 4 is 17.6 Å². The Kier molecular flexibility index (Phi) is 9.88. The quantitative estimate of drug-likeness (QED) is 0.155. The third-order valence-electron chi connectivity index (χ3n) is 7.01. The first kappa shape index (κ1) is 30.6. The molecule has 7 nitrogen and oxygen atoms in total. The number of hydrogen-bond acceptors (Lipinski definition) is 4. The van der Waals surface area contributed by atoms with Crippen molar-refractivity contribution in [2.75, 3.05) is 5.32 Å². The summed E-state index contributed by atoms with van der Waals surface area (Å²) in [7, 11) is 0. The van der Waals surface area contributed by atoms with Crippen molar-refractivity contribution in [3.63, 3.8) is 0 Å². The number of hydrogen-bond donors (Lipinski definition) is 4. The molecule has 2 unspecified atom stereocenters. The summed E-state index contributed by atoms with van der Waals surface area (Å²) < 4.78 is 30.5. The van der Waals surface area contributed by atoms with Crippen LogP contribution in [0.25, 0.3) is 22.4 Å². The lowest BCUT2D eigenvalue weighted by Crippen LogP contribution is -2.22. The average Bonchev–Trinajstić information content (AvgIpc) is 3.29. The molecule has 1 amide bonds. The van der Waals surface area contributed by atoms with Crippen LogP contribution in [0.3, 0.4) is 0 Å². The van der Waals surface area contributed by atoms with E-state index in [0.29, 0.717) is 39.3 Å². The average molecular weight is 577 g/mol. The van der Waals surface area contributed by atoms with Crippen LogP contribution in [0, 0.1) is 11.6 Å². The molecule has 0 aliphatic carbocycles. The van der Waals surface area contributed by atoms with Gasteiger partial charge in [0.15, 0.2) is 11.6 Å². The number of aliphatic carboxylic acids is 1. The second-order valence-electron chi connectivity index (χ2n) is 10.5. The number of anilines is 1. The Morgan fingerprint density at radius 3 is 2.10 bits per heavy atom. The van der Waals surface area contributed by atoms with Gasteiger partial charge in [0.1, 0.15) is 0 Å². The van der Waals surface area contributed by atoms with Crippen LogP contribution >= 0.6 is 0 Å². The Balaban J connectivity index is 1.92. The van der Waals surface area contributed by atoms with Gasteiger partial charge >= 0.3 is 5.97 Å². The molecular formula is C33H34F2N2O5. The SMILES string of the molecule is CC(C)c1c(C(=O)Nc2ccccc2)c(-c2ccccc2)c(-c2ccc(F)c(F)c2)n1CCC(O)CC(O)CC(=O)O. The zero-order valence-electron chi connectivity index (χ0n) is 23.4. The summed E-state index contributed by atoms with van der Waals surface area (Å²) in [5.41, 5.74) is 3.60. The van der Waals surface area contributed by atoms with Crippen LogP contribution in [-0.4, -0.2) is 44.0 Å². The van der Waals surface area contributed by atoms with Crippen molar-refractivity contribution < 1.29 is 33.7 Å². The number of carboxylic acid groups (broad SMARTS) is 1. The van der Waals surface area contributed by atoms with Crippen molar-refractivity contribution in [3.05, 3.63) is 102 Å². The predicted molar refractivity (Wildman–Crippen MR) is 157 cm³/mol. The normalized spacial score (nSPS) is 12.7. The zero-order valence-corrected chi connectivity index (χ0v) is 23.4. The minimum absolute atomic E-state index is 0.107. The number of carbonyl (C=O) groups excluding carboxylic acids is 1. The van der Waals surface area contributed by atoms with Gasteiger partial charge in [-0.15, -0.1) is 0 Å². The maximum absolute atomic E-state index is 14.6. The fraction of sp³-hybridized carbons (Fsp3) is 0.273. The number of nitrogens with zero attached hydrogens (tertiary/aromatic N) is 1. The van der Waals surface area contributed by atoms with Gasteiger partial charge in [-0.3, -0.25) is 9.59 Å². The third kappa shape index (κ3) is 7.10. The highest BCUT2D eigenvalue weighted by atomic mass is 19.2. The number of rotatable bonds is 12. The maximum atomic E-state index is 14.6. The molecular weight excluding hydrogens is 542 g/mol. The number of carbonyl (C=O) groups is 2. The van der Waals surface area contributed by atoms with Gasteiger partial charge in [-0.25, -0.2) is 8.78 Å². The lowest BCUT2D eigenvalue weighted by atomic mass is 9.94. The van der Waals surface area contributed by atoms with Crippen molar-refractivity contribution in [3.8, 4) is 22.4 Å². The summed E-state index contributed by atoms with van der Waals surface area (Å²) in [6.07, 6.45) is -2.83. The molecule has 0 bridgehead atoms. The van der Waals surface area contributed by atoms with Gasteiger partial charge in [-0.1, -0.05) is 62.4 Å². The van der Waals surface area contributed by atoms with Crippen molar-refractivity contribution in [2.24, 2.45) is 0 Å². The highest BCUT2D eigenvalue weighted by Gasteiger charge is 2.31. The van der Waals surface area contributed by atoms with Gasteiger partial charge in [-0.05, 0) is 54.7 Å². The van der Waals surface area contributed by atoms with E-state index in [2.05, 4.69) is 5.32 Å². The number of halogens is 2. The first-order valence-electron chi connectivity index (χ1n) is 13.8. The second-order valence-corrected chi connectivity index (χ2v) is 10.5. The van der Waals surface area contributed by atoms with E-state index in [0.717, 1.165) is 12.1 Å². The van der Waals surface area contributed by atoms with Crippen molar-refractivity contribution in [1.82, 2.24) is 4.57 Å². The maximum Gasteiger partial charge on any atom is 0.305 e. The molecule has 4 N–H and O–H groups in total. The molecule has 9 heteroatoms. The van der Waals surface area contributed by atoms with E-state index in [-0.39, 0.29) is 31.2 Å². The van der Waals surface area contributed by atoms with Crippen LogP contribution in [0.2, 0.25) is 0 Å². The van der Waals surface area contributed by atoms with E-state index in [4.69, 9.17) is 5.11 Å². The minimum atomic E-state index is -1.23. The van der Waals surface area contributed by atoms with Crippen LogP contribution in [-0.2, 0) is 11.3 Å². The number of amides is 1. The van der Waals surface area contributed by atoms with E-state index < -0.39 is 36.2 Å². The molecule has 1 heterocycles. The van der Waals surface area contributed by atoms with Crippen LogP contribution in [0.4, 0.5) is 14.5 Å². The standard InChI is InChI=1S/C33H34F2N2O5/c1-20(2)31-30(33(42)36-23-11-7-4-8-12-23)29(21-9-5-3-6-10-21)32(22-13-14-26(34)27(35)17-22)37(31)16-15-24(38)18-25(39)19-28(40)41/h3-14,17,20,24-25,38-39H,15-16,18-19H2,1-2H3,(H,36,42)(H,40,41). The first-order chi connectivity index (χ1) is 20.1. The molecule has 4 rings (SSSR count). The van der Waals surface area contributed by atoms with E-state index in [1.807, 2.05) is 54.8 Å². The van der Waals surface area contributed by atoms with Crippen LogP contribution < -0.4 is 5.32 Å². The molecule has 0 spiro atoms. The molecule has 1 aromatic heterocycles. The van der Waals surface area contributed by atoms with Gasteiger partial charge < -0.3 is 25.2 Å². The zero-order chi connectivity index (χ0) is 30.4. The summed E-state index contributed by atoms with van der Waals surface area (Å²) in [4.78, 5) is 25.0. The topological polar surface area (TPSA) is 112 Å². The second kappa shape index (κ2) is 13.5. The fourth-order valence-corrected chi connectivity index (χ4v) is 5.24. The number of aromatic nitrogens is 1. The van der Waals surface area contributed by atoms with Gasteiger partial charge in [0.05, 0.1) is 29.9 Å². The molecule has 0 aliphatic heterocycles. The molecule has 42 heavy (non-hydrogen) atoms. The molecule has 0 fully saturated rings. The molecule has 4 aromatic rings. The molecule has 3 aromatic carbocycles. The van der Waals surface area contributed by atoms with Gasteiger partial charge in [0.2, 0.25) is 0 Å². The molecule has 0 aliphatic rings. The van der Waals surface area contributed by atoms with Crippen molar-refractivity contribution in [2.45, 2.75) is 57.8 Å².